The fourth-order valence-corrected chi connectivity index (χ4v) is 3.11. The number of hydrogen-bond acceptors (Lipinski definition) is 4. The lowest BCUT2D eigenvalue weighted by atomic mass is 10.1. The Morgan fingerprint density at radius 1 is 1.37 bits per heavy atom. The molecule has 6 nitrogen and oxygen atoms in total. The number of nitrogens with one attached hydrogen (secondary N) is 1. The van der Waals surface area contributed by atoms with Gasteiger partial charge in [0.25, 0.3) is 0 Å². The van der Waals surface area contributed by atoms with Gasteiger partial charge in [0.15, 0.2) is 0 Å². The van der Waals surface area contributed by atoms with Crippen molar-refractivity contribution in [3.8, 4) is 0 Å². The molecule has 106 valence electrons. The Hall–Kier alpha value is -1.60. The Balaban J connectivity index is 3.24. The van der Waals surface area contributed by atoms with Crippen molar-refractivity contribution in [1.29, 1.82) is 0 Å². The van der Waals surface area contributed by atoms with Crippen molar-refractivity contribution in [2.45, 2.75) is 18.7 Å². The van der Waals surface area contributed by atoms with E-state index in [-0.39, 0.29) is 17.3 Å². The van der Waals surface area contributed by atoms with E-state index in [0.717, 1.165) is 9.87 Å². The van der Waals surface area contributed by atoms with Crippen molar-refractivity contribution in [2.24, 2.45) is 0 Å². The first-order valence-electron chi connectivity index (χ1n) is 5.73. The fourth-order valence-electron chi connectivity index (χ4n) is 1.66. The van der Waals surface area contributed by atoms with Gasteiger partial charge in [0, 0.05) is 19.8 Å². The first kappa shape index (κ1) is 15.5. The van der Waals surface area contributed by atoms with E-state index >= 15 is 0 Å². The van der Waals surface area contributed by atoms with Crippen LogP contribution in [0.5, 0.6) is 0 Å². The molecule has 0 radical (unpaired) electrons. The van der Waals surface area contributed by atoms with Crippen molar-refractivity contribution in [3.63, 3.8) is 0 Å². The molecule has 1 aromatic carbocycles. The minimum Gasteiger partial charge on any atom is -0.399 e. The van der Waals surface area contributed by atoms with Crippen LogP contribution in [0.25, 0.3) is 0 Å². The SMILES string of the molecule is CNC(=O)CN(C)S(=O)(=O)c1cc(N)cc(C)c1C. The third kappa shape index (κ3) is 3.24. The number of carbonyl (C=O) groups is 1. The van der Waals surface area contributed by atoms with Gasteiger partial charge in [-0.25, -0.2) is 8.42 Å². The Labute approximate surface area is 113 Å². The molecule has 1 amide bonds. The topological polar surface area (TPSA) is 92.5 Å². The van der Waals surface area contributed by atoms with Crippen molar-refractivity contribution >= 4 is 21.6 Å². The van der Waals surface area contributed by atoms with E-state index in [4.69, 9.17) is 5.73 Å². The molecule has 7 heteroatoms. The van der Waals surface area contributed by atoms with Crippen LogP contribution in [0.1, 0.15) is 11.1 Å². The first-order chi connectivity index (χ1) is 8.70. The number of likely N-dealkylation sites (N-methyl/N-ethyl adjacent to an activating group) is 2. The van der Waals surface area contributed by atoms with Crippen LogP contribution in [0.3, 0.4) is 0 Å². The summed E-state index contributed by atoms with van der Waals surface area (Å²) in [5.74, 6) is -0.371. The number of nitrogen functional groups attached to an aromatic ring is 1. The molecule has 0 unspecified atom stereocenters. The molecule has 0 aromatic heterocycles. The number of hydrogen-bond donors (Lipinski definition) is 2. The highest BCUT2D eigenvalue weighted by atomic mass is 32.2. The Kier molecular flexibility index (Phi) is 4.54. The second kappa shape index (κ2) is 5.58. The molecule has 0 atom stereocenters. The Morgan fingerprint density at radius 2 is 1.95 bits per heavy atom. The standard InChI is InChI=1S/C12H19N3O3S/c1-8-5-10(13)6-11(9(8)2)19(17,18)15(4)7-12(16)14-3/h5-6H,7,13H2,1-4H3,(H,14,16). The molecule has 0 saturated carbocycles. The summed E-state index contributed by atoms with van der Waals surface area (Å²) in [5, 5.41) is 2.39. The summed E-state index contributed by atoms with van der Waals surface area (Å²) in [5.41, 5.74) is 7.51. The van der Waals surface area contributed by atoms with Gasteiger partial charge < -0.3 is 11.1 Å². The highest BCUT2D eigenvalue weighted by molar-refractivity contribution is 7.89. The summed E-state index contributed by atoms with van der Waals surface area (Å²) in [4.78, 5) is 11.4. The molecule has 19 heavy (non-hydrogen) atoms. The predicted molar refractivity (Wildman–Crippen MR) is 74.2 cm³/mol. The van der Waals surface area contributed by atoms with Gasteiger partial charge in [-0.3, -0.25) is 4.79 Å². The van der Waals surface area contributed by atoms with Crippen LogP contribution in [0.2, 0.25) is 0 Å². The highest BCUT2D eigenvalue weighted by Gasteiger charge is 2.25. The van der Waals surface area contributed by atoms with Crippen LogP contribution in [0, 0.1) is 13.8 Å². The highest BCUT2D eigenvalue weighted by Crippen LogP contribution is 2.24. The maximum atomic E-state index is 12.4. The van der Waals surface area contributed by atoms with Crippen molar-refractivity contribution in [3.05, 3.63) is 23.3 Å². The van der Waals surface area contributed by atoms with Crippen molar-refractivity contribution < 1.29 is 13.2 Å². The average molecular weight is 285 g/mol. The van der Waals surface area contributed by atoms with Crippen LogP contribution in [0.4, 0.5) is 5.69 Å². The number of amides is 1. The minimum atomic E-state index is -3.73. The zero-order chi connectivity index (χ0) is 14.8. The molecule has 0 spiro atoms. The monoisotopic (exact) mass is 285 g/mol. The van der Waals surface area contributed by atoms with E-state index in [1.807, 2.05) is 0 Å². The molecule has 1 aromatic rings. The van der Waals surface area contributed by atoms with E-state index in [1.54, 1.807) is 19.9 Å². The Bertz CT molecular complexity index is 596. The van der Waals surface area contributed by atoms with E-state index in [1.165, 1.54) is 20.2 Å². The summed E-state index contributed by atoms with van der Waals surface area (Å²) >= 11 is 0. The number of aryl methyl sites for hydroxylation is 1. The third-order valence-corrected chi connectivity index (χ3v) is 4.90. The van der Waals surface area contributed by atoms with E-state index in [0.29, 0.717) is 11.3 Å². The maximum absolute atomic E-state index is 12.4. The van der Waals surface area contributed by atoms with Crippen molar-refractivity contribution in [2.75, 3.05) is 26.4 Å². The second-order valence-corrected chi connectivity index (χ2v) is 6.41. The van der Waals surface area contributed by atoms with Crippen LogP contribution in [0.15, 0.2) is 17.0 Å². The fraction of sp³-hybridized carbons (Fsp3) is 0.417. The first-order valence-corrected chi connectivity index (χ1v) is 7.17. The molecule has 1 rings (SSSR count). The Morgan fingerprint density at radius 3 is 2.47 bits per heavy atom. The zero-order valence-corrected chi connectivity index (χ0v) is 12.3. The van der Waals surface area contributed by atoms with Gasteiger partial charge in [-0.1, -0.05) is 0 Å². The van der Waals surface area contributed by atoms with Crippen molar-refractivity contribution in [1.82, 2.24) is 9.62 Å². The lowest BCUT2D eigenvalue weighted by Gasteiger charge is -2.19. The normalized spacial score (nSPS) is 11.6. The molecule has 3 N–H and O–H groups in total. The van der Waals surface area contributed by atoms with Crippen LogP contribution < -0.4 is 11.1 Å². The summed E-state index contributed by atoms with van der Waals surface area (Å²) in [6.45, 7) is 3.28. The molecule has 0 saturated heterocycles. The van der Waals surface area contributed by atoms with Crippen LogP contribution >= 0.6 is 0 Å². The molecule has 0 bridgehead atoms. The number of benzene rings is 1. The molecular weight excluding hydrogens is 266 g/mol. The molecule has 0 aliphatic rings. The summed E-state index contributed by atoms with van der Waals surface area (Å²) < 4.78 is 25.8. The number of carbonyl (C=O) groups excluding carboxylic acids is 1. The quantitative estimate of drug-likeness (QED) is 0.776. The second-order valence-electron chi connectivity index (χ2n) is 4.40. The van der Waals surface area contributed by atoms with Gasteiger partial charge in [-0.05, 0) is 37.1 Å². The number of sulfonamides is 1. The number of nitrogens with zero attached hydrogens (tertiary/aromatic N) is 1. The zero-order valence-electron chi connectivity index (χ0n) is 11.5. The van der Waals surface area contributed by atoms with Gasteiger partial charge in [0.05, 0.1) is 11.4 Å². The molecule has 0 aliphatic heterocycles. The molecule has 0 fully saturated rings. The molecular formula is C12H19N3O3S. The summed E-state index contributed by atoms with van der Waals surface area (Å²) in [7, 11) is -0.907. The smallest absolute Gasteiger partial charge is 0.243 e. The van der Waals surface area contributed by atoms with Crippen LogP contribution in [-0.4, -0.2) is 39.3 Å². The third-order valence-electron chi connectivity index (χ3n) is 2.98. The van der Waals surface area contributed by atoms with E-state index in [9.17, 15) is 13.2 Å². The molecule has 0 aliphatic carbocycles. The van der Waals surface area contributed by atoms with E-state index < -0.39 is 10.0 Å². The number of nitrogens with two attached hydrogens (primary N) is 1. The van der Waals surface area contributed by atoms with Gasteiger partial charge in [0.2, 0.25) is 15.9 Å². The lowest BCUT2D eigenvalue weighted by Crippen LogP contribution is -2.37. The summed E-state index contributed by atoms with van der Waals surface area (Å²) in [6, 6.07) is 3.13. The van der Waals surface area contributed by atoms with Gasteiger partial charge in [-0.2, -0.15) is 4.31 Å². The van der Waals surface area contributed by atoms with Gasteiger partial charge in [-0.15, -0.1) is 0 Å². The summed E-state index contributed by atoms with van der Waals surface area (Å²) in [6.07, 6.45) is 0. The van der Waals surface area contributed by atoms with Gasteiger partial charge in [0.1, 0.15) is 0 Å². The van der Waals surface area contributed by atoms with E-state index in [2.05, 4.69) is 5.32 Å². The van der Waals surface area contributed by atoms with Crippen LogP contribution in [-0.2, 0) is 14.8 Å². The molecule has 0 heterocycles. The average Bonchev–Trinajstić information content (AvgIpc) is 2.33. The maximum Gasteiger partial charge on any atom is 0.243 e. The largest absolute Gasteiger partial charge is 0.399 e. The predicted octanol–water partition coefficient (Wildman–Crippen LogP) is 0.252. The number of anilines is 1. The lowest BCUT2D eigenvalue weighted by molar-refractivity contribution is -0.120. The minimum absolute atomic E-state index is 0.136. The number of rotatable bonds is 4. The van der Waals surface area contributed by atoms with Gasteiger partial charge >= 0.3 is 0 Å².